The number of nitrogens with one attached hydrogen (secondary N) is 1. The van der Waals surface area contributed by atoms with Gasteiger partial charge in [0.15, 0.2) is 0 Å². The summed E-state index contributed by atoms with van der Waals surface area (Å²) in [6, 6.07) is 8.79. The Morgan fingerprint density at radius 2 is 2.00 bits per heavy atom. The van der Waals surface area contributed by atoms with Crippen molar-refractivity contribution in [3.05, 3.63) is 30.3 Å². The third-order valence-electron chi connectivity index (χ3n) is 4.79. The van der Waals surface area contributed by atoms with Gasteiger partial charge in [-0.25, -0.2) is 4.79 Å². The van der Waals surface area contributed by atoms with Crippen molar-refractivity contribution in [3.63, 3.8) is 0 Å². The number of para-hydroxylation sites is 1. The molecule has 1 heterocycles. The molecule has 1 aliphatic rings. The van der Waals surface area contributed by atoms with Crippen molar-refractivity contribution in [2.75, 3.05) is 25.0 Å². The molecule has 1 aliphatic heterocycles. The van der Waals surface area contributed by atoms with Crippen LogP contribution in [0.25, 0.3) is 0 Å². The Morgan fingerprint density at radius 1 is 1.31 bits per heavy atom. The van der Waals surface area contributed by atoms with Crippen molar-refractivity contribution in [2.45, 2.75) is 39.2 Å². The molecule has 2 unspecified atom stereocenters. The number of aliphatic carboxylic acids is 1. The number of carbonyl (C=O) groups is 3. The van der Waals surface area contributed by atoms with Crippen LogP contribution in [0.2, 0.25) is 0 Å². The van der Waals surface area contributed by atoms with E-state index in [1.807, 2.05) is 44.2 Å². The Hall–Kier alpha value is -2.57. The summed E-state index contributed by atoms with van der Waals surface area (Å²) in [6.45, 7) is 4.37. The lowest BCUT2D eigenvalue weighted by atomic mass is 9.96. The van der Waals surface area contributed by atoms with Gasteiger partial charge in [-0.2, -0.15) is 0 Å². The minimum absolute atomic E-state index is 0.146. The number of urea groups is 1. The van der Waals surface area contributed by atoms with Crippen molar-refractivity contribution in [1.82, 2.24) is 9.80 Å². The lowest BCUT2D eigenvalue weighted by Gasteiger charge is -2.36. The Morgan fingerprint density at radius 3 is 2.62 bits per heavy atom. The highest BCUT2D eigenvalue weighted by Gasteiger charge is 2.33. The second kappa shape index (κ2) is 9.22. The van der Waals surface area contributed by atoms with Gasteiger partial charge in [0.05, 0.1) is 5.92 Å². The van der Waals surface area contributed by atoms with E-state index in [1.54, 1.807) is 4.90 Å². The number of amides is 3. The average molecular weight is 361 g/mol. The number of likely N-dealkylation sites (tertiary alicyclic amines) is 1. The van der Waals surface area contributed by atoms with Gasteiger partial charge in [0.1, 0.15) is 6.54 Å². The number of anilines is 1. The van der Waals surface area contributed by atoms with Gasteiger partial charge in [-0.3, -0.25) is 9.59 Å². The maximum Gasteiger partial charge on any atom is 0.323 e. The topological polar surface area (TPSA) is 90.0 Å². The number of nitrogens with zero attached hydrogens (tertiary/aromatic N) is 2. The van der Waals surface area contributed by atoms with Gasteiger partial charge in [-0.15, -0.1) is 0 Å². The molecule has 0 spiro atoms. The molecule has 0 saturated carbocycles. The lowest BCUT2D eigenvalue weighted by molar-refractivity contribution is -0.148. The van der Waals surface area contributed by atoms with Crippen LogP contribution in [0.15, 0.2) is 30.3 Å². The number of hydrogen-bond donors (Lipinski definition) is 2. The number of hydrogen-bond acceptors (Lipinski definition) is 3. The summed E-state index contributed by atoms with van der Waals surface area (Å²) >= 11 is 0. The molecule has 26 heavy (non-hydrogen) atoms. The molecular formula is C19H27N3O4. The van der Waals surface area contributed by atoms with Crippen LogP contribution >= 0.6 is 0 Å². The number of benzene rings is 1. The van der Waals surface area contributed by atoms with E-state index in [0.29, 0.717) is 31.6 Å². The third-order valence-corrected chi connectivity index (χ3v) is 4.79. The molecule has 1 aromatic carbocycles. The molecule has 3 amide bonds. The second-order valence-electron chi connectivity index (χ2n) is 6.70. The summed E-state index contributed by atoms with van der Waals surface area (Å²) in [5.41, 5.74) is 0.707. The highest BCUT2D eigenvalue weighted by atomic mass is 16.4. The summed E-state index contributed by atoms with van der Waals surface area (Å²) in [4.78, 5) is 39.5. The summed E-state index contributed by atoms with van der Waals surface area (Å²) in [5.74, 6) is -1.56. The molecule has 0 aromatic heterocycles. The zero-order valence-electron chi connectivity index (χ0n) is 15.4. The fourth-order valence-electron chi connectivity index (χ4n) is 3.14. The van der Waals surface area contributed by atoms with Crippen LogP contribution < -0.4 is 5.32 Å². The quantitative estimate of drug-likeness (QED) is 0.815. The number of carbonyl (C=O) groups excluding carboxylic acids is 2. The van der Waals surface area contributed by atoms with Gasteiger partial charge in [0.2, 0.25) is 5.91 Å². The van der Waals surface area contributed by atoms with E-state index in [1.165, 1.54) is 4.90 Å². The highest BCUT2D eigenvalue weighted by Crippen LogP contribution is 2.21. The second-order valence-corrected chi connectivity index (χ2v) is 6.70. The Kier molecular flexibility index (Phi) is 7.00. The van der Waals surface area contributed by atoms with Crippen molar-refractivity contribution < 1.29 is 19.5 Å². The first-order valence-electron chi connectivity index (χ1n) is 9.05. The standard InChI is InChI=1S/C19H27N3O4/c1-3-14(2)22(13-17(23)24)18(25)15-8-7-11-21(12-15)19(26)20-16-9-5-4-6-10-16/h4-6,9-10,14-15H,3,7-8,11-13H2,1-2H3,(H,20,26)(H,23,24). The van der Waals surface area contributed by atoms with E-state index >= 15 is 0 Å². The zero-order chi connectivity index (χ0) is 19.1. The predicted octanol–water partition coefficient (Wildman–Crippen LogP) is 2.64. The van der Waals surface area contributed by atoms with Gasteiger partial charge in [0, 0.05) is 24.8 Å². The molecule has 7 nitrogen and oxygen atoms in total. The molecule has 0 radical (unpaired) electrons. The summed E-state index contributed by atoms with van der Waals surface area (Å²) in [6.07, 6.45) is 2.07. The molecule has 2 atom stereocenters. The third kappa shape index (κ3) is 5.21. The van der Waals surface area contributed by atoms with Crippen LogP contribution in [0.3, 0.4) is 0 Å². The van der Waals surface area contributed by atoms with Gasteiger partial charge < -0.3 is 20.2 Å². The fraction of sp³-hybridized carbons (Fsp3) is 0.526. The van der Waals surface area contributed by atoms with E-state index < -0.39 is 5.97 Å². The number of rotatable bonds is 6. The molecule has 1 fully saturated rings. The van der Waals surface area contributed by atoms with Crippen molar-refractivity contribution in [1.29, 1.82) is 0 Å². The SMILES string of the molecule is CCC(C)N(CC(=O)O)C(=O)C1CCCN(C(=O)Nc2ccccc2)C1. The van der Waals surface area contributed by atoms with Gasteiger partial charge in [-0.1, -0.05) is 25.1 Å². The van der Waals surface area contributed by atoms with Crippen LogP contribution in [0, 0.1) is 5.92 Å². The summed E-state index contributed by atoms with van der Waals surface area (Å²) < 4.78 is 0. The van der Waals surface area contributed by atoms with E-state index in [2.05, 4.69) is 5.32 Å². The molecule has 142 valence electrons. The highest BCUT2D eigenvalue weighted by molar-refractivity contribution is 5.90. The van der Waals surface area contributed by atoms with Crippen molar-refractivity contribution in [3.8, 4) is 0 Å². The van der Waals surface area contributed by atoms with Crippen LogP contribution in [0.5, 0.6) is 0 Å². The Balaban J connectivity index is 2.02. The summed E-state index contributed by atoms with van der Waals surface area (Å²) in [5, 5.41) is 11.9. The van der Waals surface area contributed by atoms with Crippen LogP contribution in [0.1, 0.15) is 33.1 Å². The maximum absolute atomic E-state index is 12.9. The minimum atomic E-state index is -1.02. The molecule has 0 bridgehead atoms. The maximum atomic E-state index is 12.9. The predicted molar refractivity (Wildman–Crippen MR) is 98.9 cm³/mol. The van der Waals surface area contributed by atoms with Gasteiger partial charge in [-0.05, 0) is 38.3 Å². The van der Waals surface area contributed by atoms with Crippen LogP contribution in [0.4, 0.5) is 10.5 Å². The molecule has 2 rings (SSSR count). The first-order chi connectivity index (χ1) is 12.4. The number of piperidine rings is 1. The van der Waals surface area contributed by atoms with E-state index in [0.717, 1.165) is 6.42 Å². The normalized spacial score (nSPS) is 18.1. The minimum Gasteiger partial charge on any atom is -0.480 e. The van der Waals surface area contributed by atoms with E-state index in [-0.39, 0.29) is 30.4 Å². The smallest absolute Gasteiger partial charge is 0.323 e. The largest absolute Gasteiger partial charge is 0.480 e. The van der Waals surface area contributed by atoms with E-state index in [9.17, 15) is 14.4 Å². The lowest BCUT2D eigenvalue weighted by Crippen LogP contribution is -2.51. The molecule has 0 aliphatic carbocycles. The average Bonchev–Trinajstić information content (AvgIpc) is 2.65. The van der Waals surface area contributed by atoms with Crippen molar-refractivity contribution in [2.24, 2.45) is 5.92 Å². The first-order valence-corrected chi connectivity index (χ1v) is 9.05. The molecule has 7 heteroatoms. The van der Waals surface area contributed by atoms with Gasteiger partial charge in [0.25, 0.3) is 0 Å². The zero-order valence-corrected chi connectivity index (χ0v) is 15.4. The van der Waals surface area contributed by atoms with Crippen molar-refractivity contribution >= 4 is 23.6 Å². The summed E-state index contributed by atoms with van der Waals surface area (Å²) in [7, 11) is 0. The van der Waals surface area contributed by atoms with Crippen LogP contribution in [-0.4, -0.2) is 58.5 Å². The number of carboxylic acids is 1. The first kappa shape index (κ1) is 19.8. The van der Waals surface area contributed by atoms with Gasteiger partial charge >= 0.3 is 12.0 Å². The molecular weight excluding hydrogens is 334 g/mol. The molecule has 1 saturated heterocycles. The van der Waals surface area contributed by atoms with Crippen LogP contribution in [-0.2, 0) is 9.59 Å². The Labute approximate surface area is 154 Å². The monoisotopic (exact) mass is 361 g/mol. The molecule has 2 N–H and O–H groups in total. The number of carboxylic acid groups (broad SMARTS) is 1. The fourth-order valence-corrected chi connectivity index (χ4v) is 3.14. The van der Waals surface area contributed by atoms with E-state index in [4.69, 9.17) is 5.11 Å². The molecule has 1 aromatic rings. The Bertz CT molecular complexity index is 635.